The lowest BCUT2D eigenvalue weighted by Gasteiger charge is -2.23. The molecule has 8 nitrogen and oxygen atoms in total. The average molecular weight is 477 g/mol. The molecule has 1 unspecified atom stereocenters. The summed E-state index contributed by atoms with van der Waals surface area (Å²) in [5.41, 5.74) is -6.00. The second-order valence-electron chi connectivity index (χ2n) is 7.68. The lowest BCUT2D eigenvalue weighted by atomic mass is 9.98. The highest BCUT2D eigenvalue weighted by Gasteiger charge is 2.48. The number of esters is 1. The molecule has 32 heavy (non-hydrogen) atoms. The quantitative estimate of drug-likeness (QED) is 0.384. The van der Waals surface area contributed by atoms with Crippen LogP contribution in [0.5, 0.6) is 5.75 Å². The van der Waals surface area contributed by atoms with Gasteiger partial charge in [-0.3, -0.25) is 0 Å². The van der Waals surface area contributed by atoms with Crippen LogP contribution in [-0.2, 0) is 30.8 Å². The first-order valence-corrected chi connectivity index (χ1v) is 10.6. The van der Waals surface area contributed by atoms with Gasteiger partial charge >= 0.3 is 27.7 Å². The summed E-state index contributed by atoms with van der Waals surface area (Å²) in [5, 5.41) is 2.79. The van der Waals surface area contributed by atoms with Crippen LogP contribution in [0.2, 0.25) is 0 Å². The molecule has 1 atom stereocenters. The minimum absolute atomic E-state index is 0.0682. The Morgan fingerprint density at radius 1 is 1.03 bits per heavy atom. The van der Waals surface area contributed by atoms with E-state index in [0.29, 0.717) is 10.9 Å². The van der Waals surface area contributed by atoms with Gasteiger partial charge in [0.25, 0.3) is 0 Å². The van der Waals surface area contributed by atoms with Crippen LogP contribution in [0.25, 0.3) is 10.8 Å². The maximum absolute atomic E-state index is 12.7. The number of nitrogens with one attached hydrogen (secondary N) is 1. The van der Waals surface area contributed by atoms with Crippen molar-refractivity contribution in [3.63, 3.8) is 0 Å². The molecule has 0 aliphatic heterocycles. The minimum atomic E-state index is -5.88. The Bertz CT molecular complexity index is 1110. The number of methoxy groups -OCH3 is 1. The Morgan fingerprint density at radius 3 is 2.16 bits per heavy atom. The van der Waals surface area contributed by atoms with E-state index in [0.717, 1.165) is 13.2 Å². The number of amides is 1. The van der Waals surface area contributed by atoms with Gasteiger partial charge in [-0.1, -0.05) is 30.3 Å². The minimum Gasteiger partial charge on any atom is -0.467 e. The van der Waals surface area contributed by atoms with Gasteiger partial charge in [0.2, 0.25) is 0 Å². The predicted octanol–water partition coefficient (Wildman–Crippen LogP) is 3.68. The van der Waals surface area contributed by atoms with Gasteiger partial charge in [0, 0.05) is 11.8 Å². The van der Waals surface area contributed by atoms with E-state index in [2.05, 4.69) is 9.50 Å². The van der Waals surface area contributed by atoms with Crippen LogP contribution in [0.1, 0.15) is 26.3 Å². The van der Waals surface area contributed by atoms with Gasteiger partial charge < -0.3 is 19.0 Å². The van der Waals surface area contributed by atoms with Crippen molar-refractivity contribution in [1.29, 1.82) is 0 Å². The van der Waals surface area contributed by atoms with Gasteiger partial charge in [-0.25, -0.2) is 9.59 Å². The van der Waals surface area contributed by atoms with Crippen LogP contribution in [-0.4, -0.2) is 44.7 Å². The Labute approximate surface area is 182 Å². The standard InChI is InChI=1S/C20H22F3NO7S/c1-19(2,3)30-18(26)24-15(17(25)29-4)11-12-9-10-16(14-8-6-5-7-13(12)14)31-32(27,28)20(21,22)23/h5-10,15H,11H2,1-4H3,(H,24,26). The van der Waals surface area contributed by atoms with Crippen LogP contribution < -0.4 is 9.50 Å². The fraction of sp³-hybridized carbons (Fsp3) is 0.400. The molecule has 2 aromatic carbocycles. The molecule has 0 saturated carbocycles. The lowest BCUT2D eigenvalue weighted by Crippen LogP contribution is -2.45. The topological polar surface area (TPSA) is 108 Å². The number of alkyl carbamates (subject to hydrolysis) is 1. The largest absolute Gasteiger partial charge is 0.534 e. The number of carbonyl (C=O) groups is 2. The van der Waals surface area contributed by atoms with Crippen molar-refractivity contribution < 1.29 is 44.8 Å². The van der Waals surface area contributed by atoms with Crippen molar-refractivity contribution >= 4 is 33.0 Å². The zero-order valence-electron chi connectivity index (χ0n) is 17.6. The van der Waals surface area contributed by atoms with Crippen molar-refractivity contribution in [2.45, 2.75) is 44.3 Å². The van der Waals surface area contributed by atoms with E-state index in [1.807, 2.05) is 0 Å². The molecule has 0 spiro atoms. The maximum atomic E-state index is 12.7. The first-order valence-electron chi connectivity index (χ1n) is 9.23. The molecule has 0 radical (unpaired) electrons. The van der Waals surface area contributed by atoms with E-state index in [1.165, 1.54) is 24.3 Å². The average Bonchev–Trinajstić information content (AvgIpc) is 2.66. The van der Waals surface area contributed by atoms with E-state index in [9.17, 15) is 31.2 Å². The van der Waals surface area contributed by atoms with Gasteiger partial charge in [0.15, 0.2) is 5.75 Å². The Kier molecular flexibility index (Phi) is 7.28. The van der Waals surface area contributed by atoms with Crippen LogP contribution in [0.3, 0.4) is 0 Å². The zero-order chi connectivity index (χ0) is 24.3. The lowest BCUT2D eigenvalue weighted by molar-refractivity contribution is -0.143. The van der Waals surface area contributed by atoms with Crippen LogP contribution in [0.4, 0.5) is 18.0 Å². The number of hydrogen-bond donors (Lipinski definition) is 1. The third-order valence-corrected chi connectivity index (χ3v) is 5.02. The number of halogens is 3. The second-order valence-corrected chi connectivity index (χ2v) is 9.22. The van der Waals surface area contributed by atoms with E-state index in [4.69, 9.17) is 9.47 Å². The number of fused-ring (bicyclic) bond motifs is 1. The summed E-state index contributed by atoms with van der Waals surface area (Å²) in [6.07, 6.45) is -0.980. The first-order chi connectivity index (χ1) is 14.6. The normalized spacial score (nSPS) is 13.3. The molecular formula is C20H22F3NO7S. The fourth-order valence-corrected chi connectivity index (χ4v) is 3.23. The zero-order valence-corrected chi connectivity index (χ0v) is 18.5. The monoisotopic (exact) mass is 477 g/mol. The summed E-state index contributed by atoms with van der Waals surface area (Å²) in [6, 6.07) is 7.11. The molecule has 0 aliphatic carbocycles. The first kappa shape index (κ1) is 25.2. The van der Waals surface area contributed by atoms with Crippen molar-refractivity contribution in [2.75, 3.05) is 7.11 Å². The van der Waals surface area contributed by atoms with E-state index < -0.39 is 45.1 Å². The maximum Gasteiger partial charge on any atom is 0.534 e. The van der Waals surface area contributed by atoms with Crippen molar-refractivity contribution in [2.24, 2.45) is 0 Å². The molecule has 0 heterocycles. The molecule has 0 aromatic heterocycles. The third kappa shape index (κ3) is 6.25. The summed E-state index contributed by atoms with van der Waals surface area (Å²) in [5.74, 6) is -1.31. The molecule has 176 valence electrons. The molecule has 0 saturated heterocycles. The van der Waals surface area contributed by atoms with Crippen molar-refractivity contribution in [3.8, 4) is 5.75 Å². The van der Waals surface area contributed by atoms with Gasteiger partial charge in [-0.05, 0) is 37.8 Å². The van der Waals surface area contributed by atoms with E-state index >= 15 is 0 Å². The van der Waals surface area contributed by atoms with Crippen LogP contribution in [0, 0.1) is 0 Å². The summed E-state index contributed by atoms with van der Waals surface area (Å²) in [7, 11) is -4.75. The van der Waals surface area contributed by atoms with Crippen LogP contribution >= 0.6 is 0 Å². The van der Waals surface area contributed by atoms with Gasteiger partial charge in [-0.2, -0.15) is 21.6 Å². The van der Waals surface area contributed by atoms with E-state index in [1.54, 1.807) is 26.8 Å². The number of alkyl halides is 3. The number of ether oxygens (including phenoxy) is 2. The predicted molar refractivity (Wildman–Crippen MR) is 108 cm³/mol. The van der Waals surface area contributed by atoms with Crippen molar-refractivity contribution in [3.05, 3.63) is 42.0 Å². The molecule has 2 rings (SSSR count). The number of rotatable bonds is 6. The van der Waals surface area contributed by atoms with E-state index in [-0.39, 0.29) is 11.8 Å². The fourth-order valence-electron chi connectivity index (χ4n) is 2.76. The Morgan fingerprint density at radius 2 is 1.62 bits per heavy atom. The smallest absolute Gasteiger partial charge is 0.467 e. The Hall–Kier alpha value is -3.02. The van der Waals surface area contributed by atoms with Gasteiger partial charge in [0.1, 0.15) is 11.6 Å². The summed E-state index contributed by atoms with van der Waals surface area (Å²) < 4.78 is 75.2. The molecule has 12 heteroatoms. The molecule has 1 amide bonds. The van der Waals surface area contributed by atoms with Crippen LogP contribution in [0.15, 0.2) is 36.4 Å². The highest BCUT2D eigenvalue weighted by atomic mass is 32.2. The highest BCUT2D eigenvalue weighted by molar-refractivity contribution is 7.88. The SMILES string of the molecule is COC(=O)C(Cc1ccc(OS(=O)(=O)C(F)(F)F)c2ccccc12)NC(=O)OC(C)(C)C. The molecule has 0 aliphatic rings. The van der Waals surface area contributed by atoms with Crippen molar-refractivity contribution in [1.82, 2.24) is 5.32 Å². The molecule has 1 N–H and O–H groups in total. The molecule has 2 aromatic rings. The number of hydrogen-bond acceptors (Lipinski definition) is 7. The molecular weight excluding hydrogens is 455 g/mol. The van der Waals surface area contributed by atoms with Gasteiger partial charge in [0.05, 0.1) is 7.11 Å². The second kappa shape index (κ2) is 9.23. The number of benzene rings is 2. The number of carbonyl (C=O) groups excluding carboxylic acids is 2. The Balaban J connectivity index is 2.41. The molecule has 0 fully saturated rings. The summed E-state index contributed by atoms with van der Waals surface area (Å²) >= 11 is 0. The summed E-state index contributed by atoms with van der Waals surface area (Å²) in [6.45, 7) is 4.92. The third-order valence-electron chi connectivity index (χ3n) is 4.06. The highest BCUT2D eigenvalue weighted by Crippen LogP contribution is 2.33. The molecule has 0 bridgehead atoms. The summed E-state index contributed by atoms with van der Waals surface area (Å²) in [4.78, 5) is 24.3. The van der Waals surface area contributed by atoms with Gasteiger partial charge in [-0.15, -0.1) is 0 Å².